The van der Waals surface area contributed by atoms with Gasteiger partial charge in [-0.1, -0.05) is 44.9 Å². The van der Waals surface area contributed by atoms with Gasteiger partial charge in [0.1, 0.15) is 0 Å². The smallest absolute Gasteiger partial charge is 0.220 e. The van der Waals surface area contributed by atoms with Crippen LogP contribution in [0.15, 0.2) is 0 Å². The maximum atomic E-state index is 11.6. The maximum absolute atomic E-state index is 11.6. The van der Waals surface area contributed by atoms with E-state index < -0.39 is 0 Å². The van der Waals surface area contributed by atoms with E-state index in [1.54, 1.807) is 0 Å². The predicted octanol–water partition coefficient (Wildman–Crippen LogP) is 2.87. The first-order chi connectivity index (χ1) is 7.76. The zero-order valence-electron chi connectivity index (χ0n) is 10.3. The van der Waals surface area contributed by atoms with Gasteiger partial charge in [-0.3, -0.25) is 4.79 Å². The van der Waals surface area contributed by atoms with Crippen molar-refractivity contribution in [3.63, 3.8) is 0 Å². The van der Waals surface area contributed by atoms with Crippen LogP contribution in [0.1, 0.15) is 58.3 Å². The van der Waals surface area contributed by atoms with Gasteiger partial charge in [-0.2, -0.15) is 0 Å². The summed E-state index contributed by atoms with van der Waals surface area (Å²) in [5, 5.41) is 2.92. The minimum Gasteiger partial charge on any atom is -0.342 e. The number of carbonyl (C=O) groups excluding carboxylic acids is 1. The highest BCUT2D eigenvalue weighted by Crippen LogP contribution is 2.28. The molecule has 0 aliphatic heterocycles. The summed E-state index contributed by atoms with van der Waals surface area (Å²) in [6, 6.07) is -0.0684. The fourth-order valence-corrected chi connectivity index (χ4v) is 2.39. The average molecular weight is 221 g/mol. The second-order valence-corrected chi connectivity index (χ2v) is 4.76. The van der Waals surface area contributed by atoms with Crippen molar-refractivity contribution in [3.8, 4) is 12.3 Å². The van der Waals surface area contributed by atoms with Crippen molar-refractivity contribution >= 4 is 5.91 Å². The molecule has 0 bridgehead atoms. The molecule has 2 heteroatoms. The summed E-state index contributed by atoms with van der Waals surface area (Å²) < 4.78 is 0. The Morgan fingerprint density at radius 1 is 1.50 bits per heavy atom. The molecule has 1 unspecified atom stereocenters. The zero-order chi connectivity index (χ0) is 11.8. The lowest BCUT2D eigenvalue weighted by Gasteiger charge is -2.13. The molecule has 1 fully saturated rings. The Labute approximate surface area is 99.2 Å². The summed E-state index contributed by atoms with van der Waals surface area (Å²) in [6.45, 7) is 2.08. The minimum atomic E-state index is -0.0684. The van der Waals surface area contributed by atoms with Crippen molar-refractivity contribution in [1.29, 1.82) is 0 Å². The fourth-order valence-electron chi connectivity index (χ4n) is 2.39. The second-order valence-electron chi connectivity index (χ2n) is 4.76. The lowest BCUT2D eigenvalue weighted by atomic mass is 10.0. The summed E-state index contributed by atoms with van der Waals surface area (Å²) in [5.41, 5.74) is 0. The van der Waals surface area contributed by atoms with Gasteiger partial charge in [-0.15, -0.1) is 6.42 Å². The molecule has 0 aromatic heterocycles. The Hall–Kier alpha value is -0.970. The quantitative estimate of drug-likeness (QED) is 0.687. The van der Waals surface area contributed by atoms with Gasteiger partial charge >= 0.3 is 0 Å². The fraction of sp³-hybridized carbons (Fsp3) is 0.786. The van der Waals surface area contributed by atoms with Gasteiger partial charge in [0.2, 0.25) is 5.91 Å². The topological polar surface area (TPSA) is 29.1 Å². The Morgan fingerprint density at radius 3 is 2.75 bits per heavy atom. The van der Waals surface area contributed by atoms with E-state index in [2.05, 4.69) is 18.2 Å². The molecule has 0 saturated heterocycles. The number of rotatable bonds is 6. The summed E-state index contributed by atoms with van der Waals surface area (Å²) >= 11 is 0. The van der Waals surface area contributed by atoms with Crippen LogP contribution in [-0.4, -0.2) is 11.9 Å². The normalized spacial score (nSPS) is 18.0. The first kappa shape index (κ1) is 13.1. The van der Waals surface area contributed by atoms with E-state index in [1.165, 1.54) is 25.7 Å². The molecule has 0 aromatic carbocycles. The van der Waals surface area contributed by atoms with Crippen LogP contribution in [0.5, 0.6) is 0 Å². The average Bonchev–Trinajstić information content (AvgIpc) is 2.78. The SMILES string of the molecule is C#CC(CCC)NC(=O)CCC1CCCC1. The van der Waals surface area contributed by atoms with Gasteiger partial charge in [0.15, 0.2) is 0 Å². The van der Waals surface area contributed by atoms with Gasteiger partial charge in [0.25, 0.3) is 0 Å². The third-order valence-corrected chi connectivity index (χ3v) is 3.37. The van der Waals surface area contributed by atoms with E-state index in [0.717, 1.165) is 25.2 Å². The number of nitrogens with one attached hydrogen (secondary N) is 1. The predicted molar refractivity (Wildman–Crippen MR) is 66.9 cm³/mol. The van der Waals surface area contributed by atoms with Crippen LogP contribution in [0.3, 0.4) is 0 Å². The third-order valence-electron chi connectivity index (χ3n) is 3.37. The number of terminal acetylenes is 1. The number of amides is 1. The molecule has 2 nitrogen and oxygen atoms in total. The third kappa shape index (κ3) is 4.70. The van der Waals surface area contributed by atoms with Crippen LogP contribution < -0.4 is 5.32 Å². The molecule has 0 spiro atoms. The molecule has 1 atom stereocenters. The Balaban J connectivity index is 2.16. The highest BCUT2D eigenvalue weighted by molar-refractivity contribution is 5.76. The summed E-state index contributed by atoms with van der Waals surface area (Å²) in [7, 11) is 0. The summed E-state index contributed by atoms with van der Waals surface area (Å²) in [5.74, 6) is 3.54. The van der Waals surface area contributed by atoms with Crippen LogP contribution in [-0.2, 0) is 4.79 Å². The molecular weight excluding hydrogens is 198 g/mol. The van der Waals surface area contributed by atoms with Crippen molar-refractivity contribution in [1.82, 2.24) is 5.32 Å². The van der Waals surface area contributed by atoms with Crippen molar-refractivity contribution in [3.05, 3.63) is 0 Å². The van der Waals surface area contributed by atoms with E-state index in [0.29, 0.717) is 6.42 Å². The second kappa shape index (κ2) is 7.33. The summed E-state index contributed by atoms with van der Waals surface area (Å²) in [4.78, 5) is 11.6. The molecule has 1 aliphatic rings. The molecule has 0 radical (unpaired) electrons. The molecule has 1 amide bonds. The lowest BCUT2D eigenvalue weighted by molar-refractivity contribution is -0.121. The molecule has 1 aliphatic carbocycles. The van der Waals surface area contributed by atoms with E-state index in [-0.39, 0.29) is 11.9 Å². The van der Waals surface area contributed by atoms with Gasteiger partial charge in [-0.25, -0.2) is 0 Å². The molecule has 0 heterocycles. The molecule has 1 N–H and O–H groups in total. The monoisotopic (exact) mass is 221 g/mol. The van der Waals surface area contributed by atoms with Crippen molar-refractivity contribution in [2.75, 3.05) is 0 Å². The number of carbonyl (C=O) groups is 1. The molecule has 1 rings (SSSR count). The Kier molecular flexibility index (Phi) is 6.00. The molecule has 16 heavy (non-hydrogen) atoms. The largest absolute Gasteiger partial charge is 0.342 e. The van der Waals surface area contributed by atoms with E-state index in [9.17, 15) is 4.79 Å². The molecule has 90 valence electrons. The highest BCUT2D eigenvalue weighted by Gasteiger charge is 2.16. The van der Waals surface area contributed by atoms with E-state index in [4.69, 9.17) is 6.42 Å². The first-order valence-corrected chi connectivity index (χ1v) is 6.51. The van der Waals surface area contributed by atoms with Crippen LogP contribution >= 0.6 is 0 Å². The zero-order valence-corrected chi connectivity index (χ0v) is 10.3. The van der Waals surface area contributed by atoms with Gasteiger partial charge in [0.05, 0.1) is 6.04 Å². The van der Waals surface area contributed by atoms with E-state index in [1.807, 2.05) is 0 Å². The van der Waals surface area contributed by atoms with Crippen LogP contribution in [0.4, 0.5) is 0 Å². The van der Waals surface area contributed by atoms with Crippen LogP contribution in [0.25, 0.3) is 0 Å². The molecular formula is C14H23NO. The maximum Gasteiger partial charge on any atom is 0.220 e. The van der Waals surface area contributed by atoms with Crippen molar-refractivity contribution in [2.24, 2.45) is 5.92 Å². The highest BCUT2D eigenvalue weighted by atomic mass is 16.1. The van der Waals surface area contributed by atoms with Crippen LogP contribution in [0.2, 0.25) is 0 Å². The van der Waals surface area contributed by atoms with Crippen molar-refractivity contribution < 1.29 is 4.79 Å². The van der Waals surface area contributed by atoms with Gasteiger partial charge < -0.3 is 5.32 Å². The lowest BCUT2D eigenvalue weighted by Crippen LogP contribution is -2.33. The minimum absolute atomic E-state index is 0.0684. The van der Waals surface area contributed by atoms with E-state index >= 15 is 0 Å². The van der Waals surface area contributed by atoms with Gasteiger partial charge in [-0.05, 0) is 18.8 Å². The standard InChI is InChI=1S/C14H23NO/c1-3-7-13(4-2)15-14(16)11-10-12-8-5-6-9-12/h2,12-13H,3,5-11H2,1H3,(H,15,16). The molecule has 1 saturated carbocycles. The van der Waals surface area contributed by atoms with Crippen LogP contribution in [0, 0.1) is 18.3 Å². The van der Waals surface area contributed by atoms with Crippen molar-refractivity contribution in [2.45, 2.75) is 64.3 Å². The molecule has 0 aromatic rings. The Morgan fingerprint density at radius 2 is 2.19 bits per heavy atom. The first-order valence-electron chi connectivity index (χ1n) is 6.51. The number of hydrogen-bond acceptors (Lipinski definition) is 1. The number of hydrogen-bond donors (Lipinski definition) is 1. The summed E-state index contributed by atoms with van der Waals surface area (Å²) in [6.07, 6.45) is 14.2. The van der Waals surface area contributed by atoms with Gasteiger partial charge in [0, 0.05) is 6.42 Å². The Bertz CT molecular complexity index is 248.